The highest BCUT2D eigenvalue weighted by atomic mass is 16.2. The van der Waals surface area contributed by atoms with Gasteiger partial charge in [0.05, 0.1) is 24.3 Å². The molecular weight excluding hydrogens is 320 g/mol. The highest BCUT2D eigenvalue weighted by molar-refractivity contribution is 6.01. The standard InChI is InChI=1S/C18H18N4O3/c1-4-16(23)21(3)13-7-5-12(6-8-13)18(25)22-9-14-15(10-22)19-11(2)20-17(14)24/h4-8H,1,9-10H2,2-3H3,(H,19,20,24). The van der Waals surface area contributed by atoms with Crippen LogP contribution in [0.15, 0.2) is 41.7 Å². The Balaban J connectivity index is 1.79. The minimum Gasteiger partial charge on any atom is -0.328 e. The second-order valence-electron chi connectivity index (χ2n) is 5.89. The van der Waals surface area contributed by atoms with Gasteiger partial charge in [0, 0.05) is 18.3 Å². The van der Waals surface area contributed by atoms with Crippen molar-refractivity contribution in [2.45, 2.75) is 20.0 Å². The minimum absolute atomic E-state index is 0.181. The highest BCUT2D eigenvalue weighted by Gasteiger charge is 2.27. The van der Waals surface area contributed by atoms with Gasteiger partial charge in [-0.2, -0.15) is 0 Å². The predicted molar refractivity (Wildman–Crippen MR) is 93.2 cm³/mol. The molecule has 1 aliphatic heterocycles. The molecule has 0 spiro atoms. The van der Waals surface area contributed by atoms with Crippen LogP contribution in [0.3, 0.4) is 0 Å². The maximum Gasteiger partial charge on any atom is 0.256 e. The number of fused-ring (bicyclic) bond motifs is 1. The highest BCUT2D eigenvalue weighted by Crippen LogP contribution is 2.21. The van der Waals surface area contributed by atoms with Crippen molar-refractivity contribution < 1.29 is 9.59 Å². The van der Waals surface area contributed by atoms with Gasteiger partial charge in [0.1, 0.15) is 5.82 Å². The van der Waals surface area contributed by atoms with Crippen molar-refractivity contribution in [1.29, 1.82) is 0 Å². The summed E-state index contributed by atoms with van der Waals surface area (Å²) in [6.07, 6.45) is 1.23. The van der Waals surface area contributed by atoms with Gasteiger partial charge < -0.3 is 14.8 Å². The molecule has 2 amide bonds. The van der Waals surface area contributed by atoms with Crippen LogP contribution in [0.4, 0.5) is 5.69 Å². The number of nitrogens with zero attached hydrogens (tertiary/aromatic N) is 3. The molecule has 25 heavy (non-hydrogen) atoms. The molecule has 1 N–H and O–H groups in total. The lowest BCUT2D eigenvalue weighted by Gasteiger charge is -2.17. The Kier molecular flexibility index (Phi) is 4.22. The first-order valence-corrected chi connectivity index (χ1v) is 7.79. The number of hydrogen-bond acceptors (Lipinski definition) is 4. The van der Waals surface area contributed by atoms with Crippen LogP contribution in [-0.4, -0.2) is 33.7 Å². The van der Waals surface area contributed by atoms with Crippen LogP contribution >= 0.6 is 0 Å². The second-order valence-corrected chi connectivity index (χ2v) is 5.89. The fourth-order valence-corrected chi connectivity index (χ4v) is 2.81. The minimum atomic E-state index is -0.227. The molecule has 3 rings (SSSR count). The van der Waals surface area contributed by atoms with Gasteiger partial charge in [-0.3, -0.25) is 14.4 Å². The number of aryl methyl sites for hydroxylation is 1. The lowest BCUT2D eigenvalue weighted by Crippen LogP contribution is -2.26. The Bertz CT molecular complexity index is 915. The van der Waals surface area contributed by atoms with Crippen molar-refractivity contribution >= 4 is 17.5 Å². The number of aromatic nitrogens is 2. The topological polar surface area (TPSA) is 86.4 Å². The van der Waals surface area contributed by atoms with Crippen LogP contribution in [0.2, 0.25) is 0 Å². The molecule has 1 aromatic heterocycles. The first kappa shape index (κ1) is 16.6. The Morgan fingerprint density at radius 2 is 1.96 bits per heavy atom. The third kappa shape index (κ3) is 3.08. The number of aromatic amines is 1. The summed E-state index contributed by atoms with van der Waals surface area (Å²) in [7, 11) is 1.64. The van der Waals surface area contributed by atoms with Crippen molar-refractivity contribution in [3.8, 4) is 0 Å². The summed E-state index contributed by atoms with van der Waals surface area (Å²) in [5, 5.41) is 0. The van der Waals surface area contributed by atoms with Gasteiger partial charge in [-0.05, 0) is 37.3 Å². The normalized spacial score (nSPS) is 12.6. The first-order valence-electron chi connectivity index (χ1n) is 7.79. The van der Waals surface area contributed by atoms with Crippen molar-refractivity contribution in [2.24, 2.45) is 0 Å². The molecule has 7 nitrogen and oxygen atoms in total. The first-order chi connectivity index (χ1) is 11.9. The third-order valence-corrected chi connectivity index (χ3v) is 4.20. The second kappa shape index (κ2) is 6.35. The number of amides is 2. The van der Waals surface area contributed by atoms with Gasteiger partial charge in [-0.15, -0.1) is 0 Å². The van der Waals surface area contributed by atoms with E-state index in [9.17, 15) is 14.4 Å². The van der Waals surface area contributed by atoms with Crippen LogP contribution < -0.4 is 10.5 Å². The number of nitrogens with one attached hydrogen (secondary N) is 1. The number of rotatable bonds is 3. The van der Waals surface area contributed by atoms with Crippen molar-refractivity contribution in [1.82, 2.24) is 14.9 Å². The van der Waals surface area contributed by atoms with E-state index in [4.69, 9.17) is 0 Å². The Morgan fingerprint density at radius 3 is 2.60 bits per heavy atom. The molecule has 128 valence electrons. The zero-order valence-corrected chi connectivity index (χ0v) is 14.1. The van der Waals surface area contributed by atoms with E-state index in [0.717, 1.165) is 0 Å². The van der Waals surface area contributed by atoms with Gasteiger partial charge in [-0.1, -0.05) is 6.58 Å². The van der Waals surface area contributed by atoms with Gasteiger partial charge in [0.25, 0.3) is 11.5 Å². The summed E-state index contributed by atoms with van der Waals surface area (Å²) in [6, 6.07) is 6.73. The molecule has 0 radical (unpaired) electrons. The molecular formula is C18H18N4O3. The van der Waals surface area contributed by atoms with Crippen LogP contribution in [0.5, 0.6) is 0 Å². The van der Waals surface area contributed by atoms with Crippen LogP contribution in [0.25, 0.3) is 0 Å². The maximum absolute atomic E-state index is 12.7. The molecule has 7 heteroatoms. The van der Waals surface area contributed by atoms with E-state index in [1.807, 2.05) is 0 Å². The van der Waals surface area contributed by atoms with Crippen molar-refractivity contribution in [3.05, 3.63) is 69.9 Å². The fraction of sp³-hybridized carbons (Fsp3) is 0.222. The Morgan fingerprint density at radius 1 is 1.28 bits per heavy atom. The zero-order valence-electron chi connectivity index (χ0n) is 14.1. The number of anilines is 1. The summed E-state index contributed by atoms with van der Waals surface area (Å²) in [6.45, 7) is 5.72. The largest absolute Gasteiger partial charge is 0.328 e. The molecule has 0 fully saturated rings. The summed E-state index contributed by atoms with van der Waals surface area (Å²) in [4.78, 5) is 46.2. The van der Waals surface area contributed by atoms with Crippen molar-refractivity contribution in [3.63, 3.8) is 0 Å². The number of hydrogen-bond donors (Lipinski definition) is 1. The number of likely N-dealkylation sites (N-methyl/N-ethyl adjacent to an activating group) is 1. The maximum atomic E-state index is 12.7. The van der Waals surface area contributed by atoms with Gasteiger partial charge in [0.15, 0.2) is 0 Å². The predicted octanol–water partition coefficient (Wildman–Crippen LogP) is 1.38. The van der Waals surface area contributed by atoms with E-state index in [2.05, 4.69) is 16.5 Å². The lowest BCUT2D eigenvalue weighted by atomic mass is 10.1. The molecule has 1 aromatic carbocycles. The van der Waals surface area contributed by atoms with Crippen LogP contribution in [0, 0.1) is 6.92 Å². The average Bonchev–Trinajstić information content (AvgIpc) is 3.04. The molecule has 2 heterocycles. The number of benzene rings is 1. The molecule has 0 saturated carbocycles. The van der Waals surface area contributed by atoms with E-state index >= 15 is 0 Å². The molecule has 0 atom stereocenters. The molecule has 0 unspecified atom stereocenters. The molecule has 1 aliphatic rings. The number of carbonyl (C=O) groups excluding carboxylic acids is 2. The Hall–Kier alpha value is -3.22. The van der Waals surface area contributed by atoms with E-state index in [0.29, 0.717) is 34.9 Å². The monoisotopic (exact) mass is 338 g/mol. The van der Waals surface area contributed by atoms with E-state index in [1.165, 1.54) is 11.0 Å². The summed E-state index contributed by atoms with van der Waals surface area (Å²) in [5.74, 6) is 0.131. The quantitative estimate of drug-likeness (QED) is 0.857. The van der Waals surface area contributed by atoms with Gasteiger partial charge in [0.2, 0.25) is 5.91 Å². The third-order valence-electron chi connectivity index (χ3n) is 4.20. The van der Waals surface area contributed by atoms with E-state index in [1.54, 1.807) is 43.1 Å². The molecule has 2 aromatic rings. The van der Waals surface area contributed by atoms with Crippen molar-refractivity contribution in [2.75, 3.05) is 11.9 Å². The number of carbonyl (C=O) groups is 2. The zero-order chi connectivity index (χ0) is 18.1. The molecule has 0 bridgehead atoms. The fourth-order valence-electron chi connectivity index (χ4n) is 2.81. The lowest BCUT2D eigenvalue weighted by molar-refractivity contribution is -0.113. The van der Waals surface area contributed by atoms with E-state index < -0.39 is 0 Å². The summed E-state index contributed by atoms with van der Waals surface area (Å²) in [5.41, 5.74) is 2.14. The van der Waals surface area contributed by atoms with Crippen LogP contribution in [0.1, 0.15) is 27.4 Å². The summed E-state index contributed by atoms with van der Waals surface area (Å²) < 4.78 is 0. The average molecular weight is 338 g/mol. The van der Waals surface area contributed by atoms with Gasteiger partial charge in [-0.25, -0.2) is 4.98 Å². The molecule has 0 saturated heterocycles. The van der Waals surface area contributed by atoms with Crippen LogP contribution in [-0.2, 0) is 17.9 Å². The molecule has 0 aliphatic carbocycles. The smallest absolute Gasteiger partial charge is 0.256 e. The summed E-state index contributed by atoms with van der Waals surface area (Å²) >= 11 is 0. The SMILES string of the molecule is C=CC(=O)N(C)c1ccc(C(=O)N2Cc3nc(C)[nH]c(=O)c3C2)cc1. The number of H-pyrrole nitrogens is 1. The van der Waals surface area contributed by atoms with E-state index in [-0.39, 0.29) is 23.9 Å². The Labute approximate surface area is 144 Å². The van der Waals surface area contributed by atoms with Gasteiger partial charge >= 0.3 is 0 Å².